The van der Waals surface area contributed by atoms with E-state index in [0.29, 0.717) is 22.9 Å². The third kappa shape index (κ3) is 4.32. The number of halogens is 1. The highest BCUT2D eigenvalue weighted by Gasteiger charge is 2.36. The van der Waals surface area contributed by atoms with E-state index in [4.69, 9.17) is 0 Å². The number of hydrogen-bond acceptors (Lipinski definition) is 6. The third-order valence-electron chi connectivity index (χ3n) is 3.72. The average Bonchev–Trinajstić information content (AvgIpc) is 2.90. The number of thioether (sulfide) groups is 1. The third-order valence-corrected chi connectivity index (χ3v) is 5.16. The van der Waals surface area contributed by atoms with Gasteiger partial charge in [0.05, 0.1) is 16.4 Å². The molecule has 1 saturated heterocycles. The van der Waals surface area contributed by atoms with Crippen molar-refractivity contribution in [2.75, 3.05) is 6.54 Å². The summed E-state index contributed by atoms with van der Waals surface area (Å²) < 4.78 is 0.810. The molecule has 2 aromatic rings. The van der Waals surface area contributed by atoms with Crippen molar-refractivity contribution in [2.24, 2.45) is 0 Å². The van der Waals surface area contributed by atoms with E-state index in [2.05, 4.69) is 15.9 Å². The first-order chi connectivity index (χ1) is 12.8. The van der Waals surface area contributed by atoms with Crippen LogP contribution in [0.25, 0.3) is 6.08 Å². The smallest absolute Gasteiger partial charge is 0.292 e. The Bertz CT molecular complexity index is 988. The van der Waals surface area contributed by atoms with Gasteiger partial charge in [-0.1, -0.05) is 40.2 Å². The first kappa shape index (κ1) is 19.0. The topological polar surface area (TPSA) is 97.6 Å². The van der Waals surface area contributed by atoms with Gasteiger partial charge in [-0.25, -0.2) is 0 Å². The molecule has 7 nitrogen and oxygen atoms in total. The quantitative estimate of drug-likeness (QED) is 0.294. The summed E-state index contributed by atoms with van der Waals surface area (Å²) in [6, 6.07) is 12.3. The van der Waals surface area contributed by atoms with Crippen LogP contribution in [-0.2, 0) is 4.79 Å². The Labute approximate surface area is 166 Å². The number of carbonyl (C=O) groups is 3. The molecule has 0 bridgehead atoms. The standard InChI is InChI=1S/C18H11BrN2O5S/c19-13-6-4-12(5-7-13)15(22)10-20-17(23)16(27-18(20)24)9-11-2-1-3-14(8-11)21(25)26/h1-9H,10H2/b16-9+. The van der Waals surface area contributed by atoms with Gasteiger partial charge >= 0.3 is 0 Å². The maximum atomic E-state index is 12.5. The highest BCUT2D eigenvalue weighted by molar-refractivity contribution is 9.10. The molecular formula is C18H11BrN2O5S. The van der Waals surface area contributed by atoms with E-state index >= 15 is 0 Å². The number of amides is 2. The minimum absolute atomic E-state index is 0.115. The molecule has 1 heterocycles. The van der Waals surface area contributed by atoms with E-state index < -0.39 is 16.1 Å². The van der Waals surface area contributed by atoms with Crippen LogP contribution >= 0.6 is 27.7 Å². The lowest BCUT2D eigenvalue weighted by Gasteiger charge is -2.11. The monoisotopic (exact) mass is 446 g/mol. The van der Waals surface area contributed by atoms with Crippen LogP contribution in [0, 0.1) is 10.1 Å². The van der Waals surface area contributed by atoms with Crippen molar-refractivity contribution >= 4 is 56.4 Å². The molecule has 2 aromatic carbocycles. The van der Waals surface area contributed by atoms with Gasteiger partial charge in [0.2, 0.25) is 0 Å². The second kappa shape index (κ2) is 7.85. The first-order valence-electron chi connectivity index (χ1n) is 7.64. The molecule has 1 aliphatic heterocycles. The number of nitro benzene ring substituents is 1. The maximum absolute atomic E-state index is 12.5. The van der Waals surface area contributed by atoms with Gasteiger partial charge in [-0.15, -0.1) is 0 Å². The van der Waals surface area contributed by atoms with Crippen LogP contribution < -0.4 is 0 Å². The molecule has 3 rings (SSSR count). The predicted octanol–water partition coefficient (Wildman–Crippen LogP) is 4.28. The van der Waals surface area contributed by atoms with Crippen LogP contribution in [0.3, 0.4) is 0 Å². The maximum Gasteiger partial charge on any atom is 0.293 e. The number of benzene rings is 2. The molecule has 2 amide bonds. The van der Waals surface area contributed by atoms with Crippen LogP contribution in [0.2, 0.25) is 0 Å². The highest BCUT2D eigenvalue weighted by atomic mass is 79.9. The van der Waals surface area contributed by atoms with E-state index in [0.717, 1.165) is 9.37 Å². The lowest BCUT2D eigenvalue weighted by molar-refractivity contribution is -0.384. The van der Waals surface area contributed by atoms with Crippen LogP contribution in [-0.4, -0.2) is 33.3 Å². The fraction of sp³-hybridized carbons (Fsp3) is 0.0556. The van der Waals surface area contributed by atoms with Gasteiger partial charge in [0.25, 0.3) is 16.8 Å². The zero-order chi connectivity index (χ0) is 19.6. The van der Waals surface area contributed by atoms with Gasteiger partial charge in [0, 0.05) is 22.2 Å². The van der Waals surface area contributed by atoms with Gasteiger partial charge in [-0.3, -0.25) is 29.4 Å². The number of ketones is 1. The Morgan fingerprint density at radius 3 is 2.56 bits per heavy atom. The number of imide groups is 1. The minimum atomic E-state index is -0.595. The lowest BCUT2D eigenvalue weighted by Crippen LogP contribution is -2.33. The van der Waals surface area contributed by atoms with E-state index in [1.807, 2.05) is 0 Å². The molecule has 1 aliphatic rings. The van der Waals surface area contributed by atoms with Crippen LogP contribution in [0.5, 0.6) is 0 Å². The molecule has 0 atom stereocenters. The summed E-state index contributed by atoms with van der Waals surface area (Å²) in [7, 11) is 0. The van der Waals surface area contributed by atoms with Gasteiger partial charge in [0.15, 0.2) is 5.78 Å². The second-order valence-corrected chi connectivity index (χ2v) is 7.46. The largest absolute Gasteiger partial charge is 0.293 e. The van der Waals surface area contributed by atoms with Gasteiger partial charge in [0.1, 0.15) is 0 Å². The molecule has 9 heteroatoms. The summed E-state index contributed by atoms with van der Waals surface area (Å²) in [6.07, 6.45) is 1.40. The Hall–Kier alpha value is -2.78. The number of hydrogen-bond donors (Lipinski definition) is 0. The Kier molecular flexibility index (Phi) is 5.52. The molecule has 0 spiro atoms. The molecule has 0 N–H and O–H groups in total. The molecule has 0 unspecified atom stereocenters. The fourth-order valence-corrected chi connectivity index (χ4v) is 3.49. The van der Waals surface area contributed by atoms with Crippen LogP contribution in [0.1, 0.15) is 15.9 Å². The zero-order valence-electron chi connectivity index (χ0n) is 13.6. The first-order valence-corrected chi connectivity index (χ1v) is 9.24. The Morgan fingerprint density at radius 1 is 1.19 bits per heavy atom. The van der Waals surface area contributed by atoms with Crippen molar-refractivity contribution < 1.29 is 19.3 Å². The zero-order valence-corrected chi connectivity index (χ0v) is 16.0. The summed E-state index contributed by atoms with van der Waals surface area (Å²) in [4.78, 5) is 48.2. The number of carbonyl (C=O) groups excluding carboxylic acids is 3. The summed E-state index contributed by atoms with van der Waals surface area (Å²) in [5.74, 6) is -0.955. The number of nitrogens with zero attached hydrogens (tertiary/aromatic N) is 2. The van der Waals surface area contributed by atoms with Crippen molar-refractivity contribution in [3.05, 3.63) is 79.2 Å². The predicted molar refractivity (Wildman–Crippen MR) is 104 cm³/mol. The molecule has 0 saturated carbocycles. The Morgan fingerprint density at radius 2 is 1.89 bits per heavy atom. The molecule has 136 valence electrons. The molecule has 1 fully saturated rings. The summed E-state index contributed by atoms with van der Waals surface area (Å²) in [5.41, 5.74) is 0.697. The fourth-order valence-electron chi connectivity index (χ4n) is 2.39. The number of nitro groups is 1. The van der Waals surface area contributed by atoms with Crippen molar-refractivity contribution in [1.29, 1.82) is 0 Å². The summed E-state index contributed by atoms with van der Waals surface area (Å²) >= 11 is 3.97. The number of Topliss-reactive ketones (excluding diaryl/α,β-unsaturated/α-hetero) is 1. The van der Waals surface area contributed by atoms with E-state index in [1.54, 1.807) is 30.3 Å². The summed E-state index contributed by atoms with van der Waals surface area (Å²) in [6.45, 7) is -0.363. The van der Waals surface area contributed by atoms with Crippen molar-refractivity contribution in [1.82, 2.24) is 4.90 Å². The van der Waals surface area contributed by atoms with E-state index in [-0.39, 0.29) is 22.9 Å². The summed E-state index contributed by atoms with van der Waals surface area (Å²) in [5, 5.41) is 10.3. The Balaban J connectivity index is 1.78. The molecule has 0 aromatic heterocycles. The molecule has 0 radical (unpaired) electrons. The van der Waals surface area contributed by atoms with E-state index in [9.17, 15) is 24.5 Å². The average molecular weight is 447 g/mol. The number of rotatable bonds is 5. The molecule has 0 aliphatic carbocycles. The van der Waals surface area contributed by atoms with Gasteiger partial charge in [-0.2, -0.15) is 0 Å². The molecular weight excluding hydrogens is 436 g/mol. The molecule has 27 heavy (non-hydrogen) atoms. The normalized spacial score (nSPS) is 15.4. The SMILES string of the molecule is O=C(CN1C(=O)S/C(=C/c2cccc([N+](=O)[O-])c2)C1=O)c1ccc(Br)cc1. The van der Waals surface area contributed by atoms with Crippen LogP contribution in [0.15, 0.2) is 57.9 Å². The van der Waals surface area contributed by atoms with E-state index in [1.165, 1.54) is 24.3 Å². The second-order valence-electron chi connectivity index (χ2n) is 5.55. The van der Waals surface area contributed by atoms with Crippen molar-refractivity contribution in [2.45, 2.75) is 0 Å². The van der Waals surface area contributed by atoms with Crippen molar-refractivity contribution in [3.8, 4) is 0 Å². The van der Waals surface area contributed by atoms with Gasteiger partial charge < -0.3 is 0 Å². The number of non-ortho nitro benzene ring substituents is 1. The lowest BCUT2D eigenvalue weighted by atomic mass is 10.1. The van der Waals surface area contributed by atoms with Crippen molar-refractivity contribution in [3.63, 3.8) is 0 Å². The van der Waals surface area contributed by atoms with Gasteiger partial charge in [-0.05, 0) is 35.5 Å². The minimum Gasteiger partial charge on any atom is -0.292 e. The van der Waals surface area contributed by atoms with Crippen LogP contribution in [0.4, 0.5) is 10.5 Å². The highest BCUT2D eigenvalue weighted by Crippen LogP contribution is 2.32.